The number of nitrogens with zero attached hydrogens (tertiary/aromatic N) is 1. The van der Waals surface area contributed by atoms with Crippen molar-refractivity contribution in [1.82, 2.24) is 4.98 Å². The zero-order valence-electron chi connectivity index (χ0n) is 5.51. The molecule has 12 heavy (non-hydrogen) atoms. The molecule has 0 spiro atoms. The molecular formula is C5H2ClIN2O3. The van der Waals surface area contributed by atoms with Gasteiger partial charge in [0.1, 0.15) is 5.02 Å². The molecule has 64 valence electrons. The quantitative estimate of drug-likeness (QED) is 0.485. The Morgan fingerprint density at radius 2 is 2.25 bits per heavy atom. The third-order valence-corrected chi connectivity index (χ3v) is 2.70. The Labute approximate surface area is 85.0 Å². The van der Waals surface area contributed by atoms with Crippen molar-refractivity contribution in [3.8, 4) is 0 Å². The molecule has 0 unspecified atom stereocenters. The molecule has 0 bridgehead atoms. The molecule has 0 aliphatic heterocycles. The van der Waals surface area contributed by atoms with Gasteiger partial charge in [-0.15, -0.1) is 0 Å². The van der Waals surface area contributed by atoms with Gasteiger partial charge in [0.25, 0.3) is 0 Å². The third kappa shape index (κ3) is 1.58. The van der Waals surface area contributed by atoms with Gasteiger partial charge in [0, 0.05) is 6.20 Å². The topological polar surface area (TPSA) is 76.0 Å². The Bertz CT molecular complexity index is 389. The maximum Gasteiger partial charge on any atom is 0.353 e. The van der Waals surface area contributed by atoms with Crippen molar-refractivity contribution >= 4 is 39.9 Å². The lowest BCUT2D eigenvalue weighted by atomic mass is 10.4. The molecule has 0 aliphatic carbocycles. The number of hydrogen-bond donors (Lipinski definition) is 1. The van der Waals surface area contributed by atoms with Crippen LogP contribution in [0.5, 0.6) is 0 Å². The van der Waals surface area contributed by atoms with Crippen LogP contribution in [0.2, 0.25) is 5.02 Å². The molecule has 0 aliphatic rings. The van der Waals surface area contributed by atoms with Crippen molar-refractivity contribution in [2.75, 3.05) is 0 Å². The van der Waals surface area contributed by atoms with E-state index in [2.05, 4.69) is 4.98 Å². The van der Waals surface area contributed by atoms with Gasteiger partial charge in [0.2, 0.25) is 0 Å². The van der Waals surface area contributed by atoms with Crippen molar-refractivity contribution in [2.45, 2.75) is 0 Å². The Hall–Kier alpha value is -0.630. The molecular weight excluding hydrogens is 298 g/mol. The van der Waals surface area contributed by atoms with Gasteiger partial charge in [-0.1, -0.05) is 11.6 Å². The molecule has 0 radical (unpaired) electrons. The van der Waals surface area contributed by atoms with Gasteiger partial charge in [0.15, 0.2) is 0 Å². The Kier molecular flexibility index (Phi) is 2.68. The first-order valence-electron chi connectivity index (χ1n) is 2.75. The summed E-state index contributed by atoms with van der Waals surface area (Å²) in [7, 11) is 0. The molecule has 1 aromatic rings. The van der Waals surface area contributed by atoms with Gasteiger partial charge >= 0.3 is 11.2 Å². The number of nitro groups is 1. The second-order valence-corrected chi connectivity index (χ2v) is 3.43. The van der Waals surface area contributed by atoms with Crippen LogP contribution in [-0.2, 0) is 0 Å². The molecule has 1 rings (SSSR count). The van der Waals surface area contributed by atoms with Gasteiger partial charge in [0.05, 0.1) is 8.49 Å². The summed E-state index contributed by atoms with van der Waals surface area (Å²) in [5.74, 6) is 0. The highest BCUT2D eigenvalue weighted by atomic mass is 127. The number of aromatic nitrogens is 1. The first-order chi connectivity index (χ1) is 5.54. The van der Waals surface area contributed by atoms with Crippen LogP contribution in [0, 0.1) is 13.7 Å². The molecule has 1 N–H and O–H groups in total. The third-order valence-electron chi connectivity index (χ3n) is 1.15. The van der Waals surface area contributed by atoms with E-state index < -0.39 is 16.2 Å². The lowest BCUT2D eigenvalue weighted by Gasteiger charge is -1.94. The first kappa shape index (κ1) is 9.46. The van der Waals surface area contributed by atoms with Crippen LogP contribution in [0.3, 0.4) is 0 Å². The Balaban J connectivity index is 3.54. The van der Waals surface area contributed by atoms with Crippen molar-refractivity contribution in [1.29, 1.82) is 0 Å². The lowest BCUT2D eigenvalue weighted by Crippen LogP contribution is -2.12. The van der Waals surface area contributed by atoms with Crippen LogP contribution in [0.1, 0.15) is 0 Å². The minimum absolute atomic E-state index is 0.121. The largest absolute Gasteiger partial charge is 0.353 e. The van der Waals surface area contributed by atoms with Gasteiger partial charge in [-0.25, -0.2) is 0 Å². The maximum atomic E-state index is 10.8. The van der Waals surface area contributed by atoms with Crippen molar-refractivity contribution in [3.63, 3.8) is 0 Å². The molecule has 1 aromatic heterocycles. The average Bonchev–Trinajstić information content (AvgIpc) is 1.97. The van der Waals surface area contributed by atoms with Crippen LogP contribution in [0.15, 0.2) is 11.0 Å². The lowest BCUT2D eigenvalue weighted by molar-refractivity contribution is -0.386. The standard InChI is InChI=1S/C5H2ClIN2O3/c6-3-2(7)1-8-5(10)4(3)9(11)12/h1H,(H,8,10). The summed E-state index contributed by atoms with van der Waals surface area (Å²) in [6.07, 6.45) is 1.32. The van der Waals surface area contributed by atoms with E-state index in [0.717, 1.165) is 0 Å². The fourth-order valence-corrected chi connectivity index (χ4v) is 1.26. The van der Waals surface area contributed by atoms with Gasteiger partial charge in [-0.05, 0) is 22.6 Å². The zero-order chi connectivity index (χ0) is 9.30. The van der Waals surface area contributed by atoms with E-state index >= 15 is 0 Å². The molecule has 0 amide bonds. The van der Waals surface area contributed by atoms with Crippen LogP contribution < -0.4 is 5.56 Å². The molecule has 7 heteroatoms. The normalized spacial score (nSPS) is 9.83. The Morgan fingerprint density at radius 1 is 1.67 bits per heavy atom. The van der Waals surface area contributed by atoms with E-state index in [1.807, 2.05) is 0 Å². The second kappa shape index (κ2) is 3.40. The van der Waals surface area contributed by atoms with Crippen molar-refractivity contribution < 1.29 is 4.92 Å². The van der Waals surface area contributed by atoms with E-state index in [1.54, 1.807) is 22.6 Å². The average molecular weight is 300 g/mol. The van der Waals surface area contributed by atoms with Crippen LogP contribution in [0.4, 0.5) is 5.69 Å². The van der Waals surface area contributed by atoms with E-state index in [4.69, 9.17) is 11.6 Å². The highest BCUT2D eigenvalue weighted by molar-refractivity contribution is 14.1. The van der Waals surface area contributed by atoms with Crippen LogP contribution >= 0.6 is 34.2 Å². The maximum absolute atomic E-state index is 10.8. The minimum Gasteiger partial charge on any atom is -0.322 e. The highest BCUT2D eigenvalue weighted by Crippen LogP contribution is 2.24. The molecule has 5 nitrogen and oxygen atoms in total. The molecule has 0 fully saturated rings. The molecule has 0 aromatic carbocycles. The SMILES string of the molecule is O=c1[nH]cc(I)c(Cl)c1[N+](=O)[O-]. The number of H-pyrrole nitrogens is 1. The van der Waals surface area contributed by atoms with Crippen molar-refractivity contribution in [3.05, 3.63) is 35.3 Å². The van der Waals surface area contributed by atoms with E-state index in [1.165, 1.54) is 6.20 Å². The van der Waals surface area contributed by atoms with E-state index in [-0.39, 0.29) is 5.02 Å². The van der Waals surface area contributed by atoms with Gasteiger partial charge in [-0.2, -0.15) is 0 Å². The van der Waals surface area contributed by atoms with Crippen molar-refractivity contribution in [2.24, 2.45) is 0 Å². The summed E-state index contributed by atoms with van der Waals surface area (Å²) < 4.78 is 0.445. The number of nitrogens with one attached hydrogen (secondary N) is 1. The monoisotopic (exact) mass is 300 g/mol. The number of pyridine rings is 1. The second-order valence-electron chi connectivity index (χ2n) is 1.89. The predicted molar refractivity (Wildman–Crippen MR) is 51.4 cm³/mol. The number of rotatable bonds is 1. The number of hydrogen-bond acceptors (Lipinski definition) is 3. The van der Waals surface area contributed by atoms with Gasteiger partial charge in [-0.3, -0.25) is 14.9 Å². The van der Waals surface area contributed by atoms with E-state index in [9.17, 15) is 14.9 Å². The summed E-state index contributed by atoms with van der Waals surface area (Å²) in [6, 6.07) is 0. The van der Waals surface area contributed by atoms with Crippen LogP contribution in [0.25, 0.3) is 0 Å². The predicted octanol–water partition coefficient (Wildman–Crippen LogP) is 1.54. The van der Waals surface area contributed by atoms with Crippen LogP contribution in [-0.4, -0.2) is 9.91 Å². The van der Waals surface area contributed by atoms with Gasteiger partial charge < -0.3 is 4.98 Å². The fourth-order valence-electron chi connectivity index (χ4n) is 0.636. The number of halogens is 2. The first-order valence-corrected chi connectivity index (χ1v) is 4.20. The summed E-state index contributed by atoms with van der Waals surface area (Å²) in [4.78, 5) is 22.5. The highest BCUT2D eigenvalue weighted by Gasteiger charge is 2.19. The summed E-state index contributed by atoms with van der Waals surface area (Å²) in [5, 5.41) is 10.2. The molecule has 1 heterocycles. The summed E-state index contributed by atoms with van der Waals surface area (Å²) in [5.41, 5.74) is -1.39. The molecule has 0 saturated carbocycles. The zero-order valence-corrected chi connectivity index (χ0v) is 8.42. The fraction of sp³-hybridized carbons (Fsp3) is 0. The molecule has 0 saturated heterocycles. The number of aromatic amines is 1. The smallest absolute Gasteiger partial charge is 0.322 e. The van der Waals surface area contributed by atoms with E-state index in [0.29, 0.717) is 3.57 Å². The molecule has 0 atom stereocenters. The summed E-state index contributed by atoms with van der Waals surface area (Å²) in [6.45, 7) is 0. The minimum atomic E-state index is -0.802. The Morgan fingerprint density at radius 3 is 2.67 bits per heavy atom. The summed E-state index contributed by atoms with van der Waals surface area (Å²) >= 11 is 7.32.